The number of hydrogen-bond donors (Lipinski definition) is 2. The van der Waals surface area contributed by atoms with Crippen molar-refractivity contribution in [2.75, 3.05) is 26.5 Å². The maximum absolute atomic E-state index is 12.5. The number of methoxy groups -OCH3 is 1. The summed E-state index contributed by atoms with van der Waals surface area (Å²) in [4.78, 5) is -0.223. The molecule has 0 saturated carbocycles. The summed E-state index contributed by atoms with van der Waals surface area (Å²) in [6.07, 6.45) is 2.65. The van der Waals surface area contributed by atoms with E-state index in [1.807, 2.05) is 0 Å². The molecule has 0 spiro atoms. The van der Waals surface area contributed by atoms with Crippen LogP contribution in [0.3, 0.4) is 0 Å². The maximum atomic E-state index is 12.5. The van der Waals surface area contributed by atoms with Crippen LogP contribution < -0.4 is 14.8 Å². The molecule has 0 aromatic heterocycles. The van der Waals surface area contributed by atoms with Crippen LogP contribution in [0, 0.1) is 0 Å². The predicted octanol–water partition coefficient (Wildman–Crippen LogP) is 0.551. The highest BCUT2D eigenvalue weighted by molar-refractivity contribution is 7.91. The highest BCUT2D eigenvalue weighted by Crippen LogP contribution is 2.27. The fourth-order valence-corrected chi connectivity index (χ4v) is 4.52. The lowest BCUT2D eigenvalue weighted by molar-refractivity contribution is 0.399. The molecule has 2 N–H and O–H groups in total. The molecule has 1 atom stereocenters. The SMILES string of the molecule is COc1ccc(S(C)(=O)=O)cc1S(=O)(=O)NC1CCCNC1.Cl. The molecule has 0 aliphatic carbocycles. The van der Waals surface area contributed by atoms with E-state index in [9.17, 15) is 16.8 Å². The van der Waals surface area contributed by atoms with Gasteiger partial charge < -0.3 is 10.1 Å². The number of sulfone groups is 1. The van der Waals surface area contributed by atoms with Gasteiger partial charge in [-0.05, 0) is 37.6 Å². The third-order valence-electron chi connectivity index (χ3n) is 3.47. The molecule has 1 aliphatic rings. The first-order chi connectivity index (χ1) is 10.2. The van der Waals surface area contributed by atoms with Crippen LogP contribution in [0.2, 0.25) is 0 Å². The van der Waals surface area contributed by atoms with Crippen molar-refractivity contribution >= 4 is 32.3 Å². The smallest absolute Gasteiger partial charge is 0.244 e. The third-order valence-corrected chi connectivity index (χ3v) is 6.12. The molecule has 1 aromatic carbocycles. The highest BCUT2D eigenvalue weighted by Gasteiger charge is 2.26. The van der Waals surface area contributed by atoms with Gasteiger partial charge in [0.1, 0.15) is 10.6 Å². The fourth-order valence-electron chi connectivity index (χ4n) is 2.33. The second kappa shape index (κ2) is 7.80. The molecule has 1 saturated heterocycles. The molecule has 7 nitrogen and oxygen atoms in total. The number of halogens is 1. The first-order valence-electron chi connectivity index (χ1n) is 6.85. The van der Waals surface area contributed by atoms with Gasteiger partial charge in [-0.2, -0.15) is 0 Å². The van der Waals surface area contributed by atoms with Crippen molar-refractivity contribution in [2.45, 2.75) is 28.7 Å². The van der Waals surface area contributed by atoms with Gasteiger partial charge in [-0.3, -0.25) is 0 Å². The van der Waals surface area contributed by atoms with Gasteiger partial charge in [0.15, 0.2) is 9.84 Å². The van der Waals surface area contributed by atoms with Gasteiger partial charge in [0.25, 0.3) is 0 Å². The Hall–Kier alpha value is -0.870. The lowest BCUT2D eigenvalue weighted by Crippen LogP contribution is -2.45. The van der Waals surface area contributed by atoms with E-state index in [1.165, 1.54) is 19.2 Å². The van der Waals surface area contributed by atoms with Crippen LogP contribution in [0.25, 0.3) is 0 Å². The van der Waals surface area contributed by atoms with Crippen molar-refractivity contribution in [3.05, 3.63) is 18.2 Å². The summed E-state index contributed by atoms with van der Waals surface area (Å²) in [7, 11) is -6.02. The Balaban J connectivity index is 0.00000264. The average molecular weight is 385 g/mol. The zero-order chi connectivity index (χ0) is 16.4. The zero-order valence-corrected chi connectivity index (χ0v) is 15.4. The fraction of sp³-hybridized carbons (Fsp3) is 0.538. The van der Waals surface area contributed by atoms with Crippen molar-refractivity contribution in [2.24, 2.45) is 0 Å². The molecule has 0 radical (unpaired) electrons. The minimum atomic E-state index is -3.86. The zero-order valence-electron chi connectivity index (χ0n) is 12.9. The lowest BCUT2D eigenvalue weighted by Gasteiger charge is -2.24. The summed E-state index contributed by atoms with van der Waals surface area (Å²) in [6.45, 7) is 1.42. The second-order valence-corrected chi connectivity index (χ2v) is 8.95. The topological polar surface area (TPSA) is 102 Å². The molecule has 1 unspecified atom stereocenters. The highest BCUT2D eigenvalue weighted by atomic mass is 35.5. The van der Waals surface area contributed by atoms with E-state index >= 15 is 0 Å². The summed E-state index contributed by atoms with van der Waals surface area (Å²) >= 11 is 0. The summed E-state index contributed by atoms with van der Waals surface area (Å²) in [5.41, 5.74) is 0. The average Bonchev–Trinajstić information content (AvgIpc) is 2.46. The monoisotopic (exact) mass is 384 g/mol. The largest absolute Gasteiger partial charge is 0.495 e. The van der Waals surface area contributed by atoms with Crippen LogP contribution in [0.5, 0.6) is 5.75 Å². The number of hydrogen-bond acceptors (Lipinski definition) is 6. The third kappa shape index (κ3) is 5.05. The molecule has 0 bridgehead atoms. The van der Waals surface area contributed by atoms with Crippen molar-refractivity contribution in [3.63, 3.8) is 0 Å². The van der Waals surface area contributed by atoms with Gasteiger partial charge in [-0.15, -0.1) is 12.4 Å². The molecule has 1 heterocycles. The quantitative estimate of drug-likeness (QED) is 0.768. The van der Waals surface area contributed by atoms with Gasteiger partial charge in [-0.25, -0.2) is 21.6 Å². The Bertz CT molecular complexity index is 744. The molecule has 132 valence electrons. The molecule has 2 rings (SSSR count). The summed E-state index contributed by atoms with van der Waals surface area (Å²) < 4.78 is 56.0. The number of nitrogens with one attached hydrogen (secondary N) is 2. The lowest BCUT2D eigenvalue weighted by atomic mass is 10.1. The number of rotatable bonds is 5. The van der Waals surface area contributed by atoms with Crippen molar-refractivity contribution in [3.8, 4) is 5.75 Å². The molecule has 10 heteroatoms. The van der Waals surface area contributed by atoms with E-state index in [1.54, 1.807) is 0 Å². The van der Waals surface area contributed by atoms with E-state index in [0.717, 1.165) is 31.7 Å². The number of sulfonamides is 1. The molecular weight excluding hydrogens is 364 g/mol. The van der Waals surface area contributed by atoms with E-state index in [0.29, 0.717) is 6.54 Å². The maximum Gasteiger partial charge on any atom is 0.244 e. The summed E-state index contributed by atoms with van der Waals surface area (Å²) in [6, 6.07) is 3.59. The molecule has 23 heavy (non-hydrogen) atoms. The Labute approximate surface area is 143 Å². The van der Waals surface area contributed by atoms with Gasteiger partial charge in [0, 0.05) is 18.8 Å². The summed E-state index contributed by atoms with van der Waals surface area (Å²) in [5.74, 6) is 0.115. The van der Waals surface area contributed by atoms with Crippen LogP contribution in [-0.2, 0) is 19.9 Å². The van der Waals surface area contributed by atoms with Crippen LogP contribution in [0.15, 0.2) is 28.0 Å². The van der Waals surface area contributed by atoms with E-state index in [4.69, 9.17) is 4.74 Å². The Morgan fingerprint density at radius 2 is 1.96 bits per heavy atom. The van der Waals surface area contributed by atoms with Gasteiger partial charge in [0.2, 0.25) is 10.0 Å². The number of benzene rings is 1. The Kier molecular flexibility index (Phi) is 6.84. The van der Waals surface area contributed by atoms with Gasteiger partial charge >= 0.3 is 0 Å². The van der Waals surface area contributed by atoms with Crippen LogP contribution in [0.1, 0.15) is 12.8 Å². The predicted molar refractivity (Wildman–Crippen MR) is 89.6 cm³/mol. The van der Waals surface area contributed by atoms with Crippen molar-refractivity contribution in [1.29, 1.82) is 0 Å². The van der Waals surface area contributed by atoms with E-state index in [2.05, 4.69) is 10.0 Å². The second-order valence-electron chi connectivity index (χ2n) is 5.25. The molecule has 0 amide bonds. The van der Waals surface area contributed by atoms with Gasteiger partial charge in [0.05, 0.1) is 12.0 Å². The minimum absolute atomic E-state index is 0. The first-order valence-corrected chi connectivity index (χ1v) is 10.2. The number of ether oxygens (including phenoxy) is 1. The molecule has 1 fully saturated rings. The normalized spacial score (nSPS) is 19.0. The van der Waals surface area contributed by atoms with Crippen LogP contribution in [-0.4, -0.2) is 49.3 Å². The Morgan fingerprint density at radius 1 is 1.26 bits per heavy atom. The first kappa shape index (κ1) is 20.2. The van der Waals surface area contributed by atoms with Crippen LogP contribution >= 0.6 is 12.4 Å². The summed E-state index contributed by atoms with van der Waals surface area (Å²) in [5, 5.41) is 3.12. The van der Waals surface area contributed by atoms with Crippen molar-refractivity contribution < 1.29 is 21.6 Å². The van der Waals surface area contributed by atoms with Crippen LogP contribution in [0.4, 0.5) is 0 Å². The van der Waals surface area contributed by atoms with Gasteiger partial charge in [-0.1, -0.05) is 0 Å². The van der Waals surface area contributed by atoms with E-state index in [-0.39, 0.29) is 34.0 Å². The van der Waals surface area contributed by atoms with E-state index < -0.39 is 19.9 Å². The molecule has 1 aromatic rings. The van der Waals surface area contributed by atoms with Crippen molar-refractivity contribution in [1.82, 2.24) is 10.0 Å². The minimum Gasteiger partial charge on any atom is -0.495 e. The molecule has 1 aliphatic heterocycles. The Morgan fingerprint density at radius 3 is 2.48 bits per heavy atom. The molecular formula is C13H21ClN2O5S2. The standard InChI is InChI=1S/C13H20N2O5S2.ClH/c1-20-12-6-5-11(21(2,16)17)8-13(12)22(18,19)15-10-4-3-7-14-9-10;/h5-6,8,10,14-15H,3-4,7,9H2,1-2H3;1H. The number of piperidine rings is 1.